The molecule has 0 bridgehead atoms. The molecule has 1 saturated heterocycles. The maximum absolute atomic E-state index is 9.63. The van der Waals surface area contributed by atoms with Crippen LogP contribution in [0.1, 0.15) is 5.56 Å². The maximum Gasteiger partial charge on any atom is 0.117 e. The van der Waals surface area contributed by atoms with E-state index in [1.807, 2.05) is 17.8 Å². The highest BCUT2D eigenvalue weighted by Crippen LogP contribution is 2.28. The Hall–Kier alpha value is -1.94. The number of anilines is 1. The minimum atomic E-state index is 0.125. The number of benzene rings is 1. The van der Waals surface area contributed by atoms with E-state index in [1.54, 1.807) is 0 Å². The summed E-state index contributed by atoms with van der Waals surface area (Å²) in [5.41, 5.74) is 3.18. The van der Waals surface area contributed by atoms with Gasteiger partial charge in [-0.25, -0.2) is 0 Å². The third-order valence-electron chi connectivity index (χ3n) is 3.77. The predicted molar refractivity (Wildman–Crippen MR) is 79.7 cm³/mol. The van der Waals surface area contributed by atoms with Crippen molar-refractivity contribution in [3.8, 4) is 0 Å². The van der Waals surface area contributed by atoms with Gasteiger partial charge in [-0.3, -0.25) is 0 Å². The zero-order chi connectivity index (χ0) is 13.4. The Balaban J connectivity index is 2.05. The number of aliphatic hydroxyl groups excluding tert-OH is 1. The molecule has 0 radical (unpaired) electrons. The van der Waals surface area contributed by atoms with Crippen molar-refractivity contribution in [3.63, 3.8) is 0 Å². The van der Waals surface area contributed by atoms with E-state index >= 15 is 0 Å². The van der Waals surface area contributed by atoms with Crippen molar-refractivity contribution in [1.29, 1.82) is 0 Å². The molecule has 0 unspecified atom stereocenters. The minimum Gasteiger partial charge on any atom is -0.508 e. The van der Waals surface area contributed by atoms with Crippen LogP contribution < -0.4 is 10.2 Å². The lowest BCUT2D eigenvalue weighted by Crippen LogP contribution is -2.43. The van der Waals surface area contributed by atoms with Gasteiger partial charge in [0, 0.05) is 56.1 Å². The maximum atomic E-state index is 9.63. The molecule has 0 spiro atoms. The second kappa shape index (κ2) is 4.63. The summed E-state index contributed by atoms with van der Waals surface area (Å²) in [6.45, 7) is 7.76. The Morgan fingerprint density at radius 2 is 2.05 bits per heavy atom. The van der Waals surface area contributed by atoms with Crippen LogP contribution >= 0.6 is 0 Å². The van der Waals surface area contributed by atoms with Crippen molar-refractivity contribution in [3.05, 3.63) is 36.5 Å². The van der Waals surface area contributed by atoms with E-state index in [4.69, 9.17) is 0 Å². The van der Waals surface area contributed by atoms with Gasteiger partial charge in [0.1, 0.15) is 5.76 Å². The third-order valence-corrected chi connectivity index (χ3v) is 3.77. The molecule has 19 heavy (non-hydrogen) atoms. The number of aliphatic hydroxyl groups is 1. The Bertz CT molecular complexity index is 624. The first kappa shape index (κ1) is 12.1. The van der Waals surface area contributed by atoms with Crippen LogP contribution in [0.15, 0.2) is 31.0 Å². The number of hydrogen-bond donors (Lipinski definition) is 2. The van der Waals surface area contributed by atoms with Gasteiger partial charge in [-0.2, -0.15) is 0 Å². The number of hydrogen-bond acceptors (Lipinski definition) is 3. The van der Waals surface area contributed by atoms with Gasteiger partial charge in [0.05, 0.1) is 5.52 Å². The number of aromatic nitrogens is 1. The molecule has 1 fully saturated rings. The largest absolute Gasteiger partial charge is 0.508 e. The van der Waals surface area contributed by atoms with Crippen LogP contribution in [0.25, 0.3) is 16.7 Å². The molecule has 4 heteroatoms. The standard InChI is InChI=1S/C15H19N3O/c1-11(19)14-10-17(2)15-9-12(3-4-13(14)15)18-7-5-16-6-8-18/h3-4,9-10,16,19H,1,5-8H2,2H3. The van der Waals surface area contributed by atoms with Crippen molar-refractivity contribution in [2.75, 3.05) is 31.1 Å². The van der Waals surface area contributed by atoms with Crippen LogP contribution in [0.4, 0.5) is 5.69 Å². The average molecular weight is 257 g/mol. The molecule has 0 atom stereocenters. The van der Waals surface area contributed by atoms with E-state index in [0.29, 0.717) is 0 Å². The second-order valence-corrected chi connectivity index (χ2v) is 5.04. The number of fused-ring (bicyclic) bond motifs is 1. The molecule has 3 rings (SSSR count). The van der Waals surface area contributed by atoms with E-state index in [-0.39, 0.29) is 5.76 Å². The zero-order valence-electron chi connectivity index (χ0n) is 11.2. The summed E-state index contributed by atoms with van der Waals surface area (Å²) in [6.07, 6.45) is 1.93. The first-order chi connectivity index (χ1) is 9.16. The van der Waals surface area contributed by atoms with Crippen molar-refractivity contribution in [1.82, 2.24) is 9.88 Å². The molecule has 100 valence electrons. The van der Waals surface area contributed by atoms with E-state index in [9.17, 15) is 5.11 Å². The van der Waals surface area contributed by atoms with Gasteiger partial charge in [-0.05, 0) is 12.1 Å². The monoisotopic (exact) mass is 257 g/mol. The lowest BCUT2D eigenvalue weighted by molar-refractivity contribution is 0.514. The van der Waals surface area contributed by atoms with Crippen LogP contribution in [-0.4, -0.2) is 35.9 Å². The van der Waals surface area contributed by atoms with E-state index in [0.717, 1.165) is 42.6 Å². The molecular formula is C15H19N3O. The van der Waals surface area contributed by atoms with Crippen LogP contribution in [-0.2, 0) is 7.05 Å². The summed E-state index contributed by atoms with van der Waals surface area (Å²) in [5, 5.41) is 14.0. The molecule has 1 aliphatic heterocycles. The van der Waals surface area contributed by atoms with Gasteiger partial charge in [0.25, 0.3) is 0 Å². The first-order valence-electron chi connectivity index (χ1n) is 6.60. The minimum absolute atomic E-state index is 0.125. The fraction of sp³-hybridized carbons (Fsp3) is 0.333. The Morgan fingerprint density at radius 1 is 1.32 bits per heavy atom. The van der Waals surface area contributed by atoms with Gasteiger partial charge >= 0.3 is 0 Å². The normalized spacial score (nSPS) is 15.9. The Kier molecular flexibility index (Phi) is 2.95. The third kappa shape index (κ3) is 2.08. The summed E-state index contributed by atoms with van der Waals surface area (Å²) >= 11 is 0. The van der Waals surface area contributed by atoms with E-state index in [1.165, 1.54) is 5.69 Å². The smallest absolute Gasteiger partial charge is 0.117 e. The Labute approximate surface area is 112 Å². The molecule has 2 N–H and O–H groups in total. The highest BCUT2D eigenvalue weighted by molar-refractivity contribution is 5.93. The fourth-order valence-electron chi connectivity index (χ4n) is 2.72. The molecule has 0 aliphatic carbocycles. The van der Waals surface area contributed by atoms with Gasteiger partial charge in [0.2, 0.25) is 0 Å². The summed E-state index contributed by atoms with van der Waals surface area (Å²) in [4.78, 5) is 2.39. The zero-order valence-corrected chi connectivity index (χ0v) is 11.2. The van der Waals surface area contributed by atoms with Crippen molar-refractivity contribution >= 4 is 22.3 Å². The topological polar surface area (TPSA) is 40.4 Å². The molecule has 2 heterocycles. The molecular weight excluding hydrogens is 238 g/mol. The van der Waals surface area contributed by atoms with Crippen molar-refractivity contribution in [2.45, 2.75) is 0 Å². The van der Waals surface area contributed by atoms with Gasteiger partial charge in [0.15, 0.2) is 0 Å². The fourth-order valence-corrected chi connectivity index (χ4v) is 2.72. The quantitative estimate of drug-likeness (QED) is 0.810. The molecule has 1 aromatic heterocycles. The molecule has 1 aromatic carbocycles. The van der Waals surface area contributed by atoms with Crippen LogP contribution in [0.5, 0.6) is 0 Å². The second-order valence-electron chi connectivity index (χ2n) is 5.04. The van der Waals surface area contributed by atoms with Crippen LogP contribution in [0, 0.1) is 0 Å². The first-order valence-corrected chi connectivity index (χ1v) is 6.60. The van der Waals surface area contributed by atoms with E-state index in [2.05, 4.69) is 35.0 Å². The average Bonchev–Trinajstić information content (AvgIpc) is 2.77. The summed E-state index contributed by atoms with van der Waals surface area (Å²) in [6, 6.07) is 6.39. The molecule has 0 saturated carbocycles. The van der Waals surface area contributed by atoms with Gasteiger partial charge in [-0.15, -0.1) is 0 Å². The Morgan fingerprint density at radius 3 is 2.74 bits per heavy atom. The highest BCUT2D eigenvalue weighted by Gasteiger charge is 2.14. The van der Waals surface area contributed by atoms with Crippen molar-refractivity contribution in [2.24, 2.45) is 7.05 Å². The lowest BCUT2D eigenvalue weighted by atomic mass is 10.1. The lowest BCUT2D eigenvalue weighted by Gasteiger charge is -2.29. The number of aryl methyl sites for hydroxylation is 1. The molecule has 1 aliphatic rings. The predicted octanol–water partition coefficient (Wildman–Crippen LogP) is 2.12. The van der Waals surface area contributed by atoms with Crippen LogP contribution in [0.2, 0.25) is 0 Å². The molecule has 0 amide bonds. The van der Waals surface area contributed by atoms with Gasteiger partial charge in [-0.1, -0.05) is 12.6 Å². The SMILES string of the molecule is C=C(O)c1cn(C)c2cc(N3CCNCC3)ccc12. The summed E-state index contributed by atoms with van der Waals surface area (Å²) in [5.74, 6) is 0.125. The van der Waals surface area contributed by atoms with Gasteiger partial charge < -0.3 is 19.9 Å². The van der Waals surface area contributed by atoms with E-state index < -0.39 is 0 Å². The van der Waals surface area contributed by atoms with Crippen LogP contribution in [0.3, 0.4) is 0 Å². The summed E-state index contributed by atoms with van der Waals surface area (Å²) < 4.78 is 2.04. The number of nitrogens with zero attached hydrogens (tertiary/aromatic N) is 2. The number of rotatable bonds is 2. The van der Waals surface area contributed by atoms with Crippen molar-refractivity contribution < 1.29 is 5.11 Å². The summed E-state index contributed by atoms with van der Waals surface area (Å²) in [7, 11) is 2.00. The molecule has 4 nitrogen and oxygen atoms in total. The number of nitrogens with one attached hydrogen (secondary N) is 1. The molecule has 2 aromatic rings. The highest BCUT2D eigenvalue weighted by atomic mass is 16.3. The number of piperazine rings is 1.